The summed E-state index contributed by atoms with van der Waals surface area (Å²) in [5, 5.41) is 4.07. The fourth-order valence-corrected chi connectivity index (χ4v) is 4.35. The molecule has 0 bridgehead atoms. The Morgan fingerprint density at radius 3 is 2.66 bits per heavy atom. The number of hydrogen-bond donors (Lipinski definition) is 1. The molecule has 166 valence electrons. The van der Waals surface area contributed by atoms with E-state index in [-0.39, 0.29) is 30.2 Å². The minimum atomic E-state index is -0.131. The maximum atomic E-state index is 13.0. The van der Waals surface area contributed by atoms with E-state index in [1.54, 1.807) is 0 Å². The molecule has 0 unspecified atom stereocenters. The number of fused-ring (bicyclic) bond motifs is 2. The van der Waals surface area contributed by atoms with E-state index in [9.17, 15) is 9.59 Å². The monoisotopic (exact) mass is 432 g/mol. The zero-order valence-corrected chi connectivity index (χ0v) is 18.3. The van der Waals surface area contributed by atoms with Crippen LogP contribution in [0.4, 0.5) is 0 Å². The molecule has 1 aliphatic heterocycles. The Morgan fingerprint density at radius 1 is 1.09 bits per heavy atom. The van der Waals surface area contributed by atoms with E-state index in [0.717, 1.165) is 59.2 Å². The highest BCUT2D eigenvalue weighted by Gasteiger charge is 2.32. The summed E-state index contributed by atoms with van der Waals surface area (Å²) >= 11 is 0. The van der Waals surface area contributed by atoms with E-state index in [1.807, 2.05) is 60.2 Å². The molecule has 1 fully saturated rings. The number of rotatable bonds is 7. The molecule has 0 saturated heterocycles. The zero-order chi connectivity index (χ0) is 22.1. The third-order valence-corrected chi connectivity index (χ3v) is 6.23. The Kier molecular flexibility index (Phi) is 5.60. The van der Waals surface area contributed by atoms with Crippen molar-refractivity contribution in [1.29, 1.82) is 0 Å². The smallest absolute Gasteiger partial charge is 0.240 e. The second-order valence-electron chi connectivity index (χ2n) is 8.61. The predicted molar refractivity (Wildman–Crippen MR) is 122 cm³/mol. The molecule has 0 spiro atoms. The molecule has 0 radical (unpaired) electrons. The fraction of sp³-hybridized carbons (Fsp3) is 0.385. The van der Waals surface area contributed by atoms with E-state index in [0.29, 0.717) is 13.2 Å². The summed E-state index contributed by atoms with van der Waals surface area (Å²) in [4.78, 5) is 25.7. The quantitative estimate of drug-likeness (QED) is 0.551. The van der Waals surface area contributed by atoms with E-state index in [1.165, 1.54) is 0 Å². The number of aromatic nitrogens is 1. The van der Waals surface area contributed by atoms with Crippen LogP contribution in [-0.2, 0) is 11.3 Å². The van der Waals surface area contributed by atoms with Crippen LogP contribution in [0.5, 0.6) is 11.5 Å². The van der Waals surface area contributed by atoms with Crippen molar-refractivity contribution < 1.29 is 19.1 Å². The Labute approximate surface area is 187 Å². The number of carbonyl (C=O) groups is 2. The Morgan fingerprint density at radius 2 is 1.88 bits per heavy atom. The summed E-state index contributed by atoms with van der Waals surface area (Å²) in [6.45, 7) is 3.49. The molecule has 2 aliphatic rings. The van der Waals surface area contributed by atoms with Crippen molar-refractivity contribution in [2.45, 2.75) is 45.2 Å². The second kappa shape index (κ2) is 8.69. The van der Waals surface area contributed by atoms with E-state index in [2.05, 4.69) is 5.32 Å². The van der Waals surface area contributed by atoms with E-state index < -0.39 is 0 Å². The van der Waals surface area contributed by atoms with Gasteiger partial charge in [-0.25, -0.2) is 0 Å². The molecule has 3 aromatic rings. The average Bonchev–Trinajstić information content (AvgIpc) is 3.63. The van der Waals surface area contributed by atoms with Gasteiger partial charge in [-0.05, 0) is 43.0 Å². The first-order valence-corrected chi connectivity index (χ1v) is 11.4. The topological polar surface area (TPSA) is 69.6 Å². The third kappa shape index (κ3) is 4.09. The molecule has 2 heterocycles. The van der Waals surface area contributed by atoms with Crippen LogP contribution in [-0.4, -0.2) is 29.5 Å². The van der Waals surface area contributed by atoms with Gasteiger partial charge in [-0.15, -0.1) is 0 Å². The second-order valence-corrected chi connectivity index (χ2v) is 8.61. The number of benzene rings is 2. The Bertz CT molecular complexity index is 1160. The first-order chi connectivity index (χ1) is 15.6. The van der Waals surface area contributed by atoms with Gasteiger partial charge in [0.05, 0.1) is 19.3 Å². The normalized spacial score (nSPS) is 16.4. The Hall–Kier alpha value is -3.28. The third-order valence-electron chi connectivity index (χ3n) is 6.23. The molecule has 6 heteroatoms. The number of nitrogens with zero attached hydrogens (tertiary/aromatic N) is 1. The number of hydrogen-bond acceptors (Lipinski definition) is 4. The van der Waals surface area contributed by atoms with Crippen LogP contribution in [0, 0.1) is 5.92 Å². The van der Waals surface area contributed by atoms with Crippen molar-refractivity contribution in [1.82, 2.24) is 9.88 Å². The molecule has 1 amide bonds. The highest BCUT2D eigenvalue weighted by Crippen LogP contribution is 2.36. The minimum Gasteiger partial charge on any atom is -0.490 e. The van der Waals surface area contributed by atoms with Gasteiger partial charge in [0.1, 0.15) is 6.54 Å². The maximum Gasteiger partial charge on any atom is 0.240 e. The fourth-order valence-electron chi connectivity index (χ4n) is 4.35. The van der Waals surface area contributed by atoms with E-state index >= 15 is 0 Å². The molecule has 32 heavy (non-hydrogen) atoms. The lowest BCUT2D eigenvalue weighted by Gasteiger charge is -2.19. The van der Waals surface area contributed by atoms with E-state index in [4.69, 9.17) is 9.47 Å². The van der Waals surface area contributed by atoms with Crippen molar-refractivity contribution in [3.63, 3.8) is 0 Å². The lowest BCUT2D eigenvalue weighted by Crippen LogP contribution is -2.31. The highest BCUT2D eigenvalue weighted by molar-refractivity contribution is 6.10. The minimum absolute atomic E-state index is 0.0878. The van der Waals surface area contributed by atoms with Gasteiger partial charge in [0.15, 0.2) is 17.3 Å². The summed E-state index contributed by atoms with van der Waals surface area (Å²) in [7, 11) is 0. The number of carbonyl (C=O) groups excluding carboxylic acids is 2. The van der Waals surface area contributed by atoms with Gasteiger partial charge in [-0.2, -0.15) is 0 Å². The molecule has 1 saturated carbocycles. The number of ketones is 1. The number of Topliss-reactive ketones (excluding diaryl/α,β-unsaturated/α-hetero) is 1. The standard InChI is InChI=1S/C26H28N2O4/c1-2-21(18-10-11-23-24(14-18)32-13-5-12-31-23)27-25(29)16-28-15-20(26(30)17-8-9-17)19-6-3-4-7-22(19)28/h3-4,6-7,10-11,14-15,17,21H,2,5,8-9,12-13,16H2,1H3,(H,27,29)/t21-/m0/s1. The SMILES string of the molecule is CC[C@H](NC(=O)Cn1cc(C(=O)C2CC2)c2ccccc21)c1ccc2c(c1)OCCCO2. The molecular formula is C26H28N2O4. The summed E-state index contributed by atoms with van der Waals surface area (Å²) in [6.07, 6.45) is 5.38. The molecule has 1 aliphatic carbocycles. The van der Waals surface area contributed by atoms with Crippen LogP contribution in [0.3, 0.4) is 0 Å². The summed E-state index contributed by atoms with van der Waals surface area (Å²) in [6, 6.07) is 13.5. The zero-order valence-electron chi connectivity index (χ0n) is 18.3. The van der Waals surface area contributed by atoms with Crippen molar-refractivity contribution in [3.05, 3.63) is 59.8 Å². The number of ether oxygens (including phenoxy) is 2. The van der Waals surface area contributed by atoms with Crippen molar-refractivity contribution in [3.8, 4) is 11.5 Å². The summed E-state index contributed by atoms with van der Waals surface area (Å²) < 4.78 is 13.4. The van der Waals surface area contributed by atoms with Crippen molar-refractivity contribution in [2.24, 2.45) is 5.92 Å². The van der Waals surface area contributed by atoms with Gasteiger partial charge in [0.2, 0.25) is 5.91 Å². The highest BCUT2D eigenvalue weighted by atomic mass is 16.5. The number of para-hydroxylation sites is 1. The molecule has 1 atom stereocenters. The largest absolute Gasteiger partial charge is 0.490 e. The lowest BCUT2D eigenvalue weighted by molar-refractivity contribution is -0.122. The van der Waals surface area contributed by atoms with Gasteiger partial charge in [0, 0.05) is 35.0 Å². The van der Waals surface area contributed by atoms with Crippen LogP contribution < -0.4 is 14.8 Å². The molecule has 6 nitrogen and oxygen atoms in total. The van der Waals surface area contributed by atoms with Gasteiger partial charge in [0.25, 0.3) is 0 Å². The van der Waals surface area contributed by atoms with Gasteiger partial charge < -0.3 is 19.4 Å². The number of nitrogens with one attached hydrogen (secondary N) is 1. The first kappa shape index (κ1) is 20.6. The van der Waals surface area contributed by atoms with Crippen molar-refractivity contribution in [2.75, 3.05) is 13.2 Å². The summed E-state index contributed by atoms with van der Waals surface area (Å²) in [5.74, 6) is 1.73. The summed E-state index contributed by atoms with van der Waals surface area (Å²) in [5.41, 5.74) is 2.63. The molecule has 1 N–H and O–H groups in total. The molecule has 1 aromatic heterocycles. The molecule has 5 rings (SSSR count). The molecular weight excluding hydrogens is 404 g/mol. The maximum absolute atomic E-state index is 13.0. The van der Waals surface area contributed by atoms with Crippen molar-refractivity contribution >= 4 is 22.6 Å². The van der Waals surface area contributed by atoms with Crippen LogP contribution in [0.15, 0.2) is 48.7 Å². The van der Waals surface area contributed by atoms with Crippen LogP contribution in [0.25, 0.3) is 10.9 Å². The Balaban J connectivity index is 1.34. The predicted octanol–water partition coefficient (Wildman–Crippen LogP) is 4.66. The lowest BCUT2D eigenvalue weighted by atomic mass is 10.0. The van der Waals surface area contributed by atoms with Gasteiger partial charge in [-0.1, -0.05) is 31.2 Å². The first-order valence-electron chi connectivity index (χ1n) is 11.4. The van der Waals surface area contributed by atoms with Gasteiger partial charge >= 0.3 is 0 Å². The molecule has 2 aromatic carbocycles. The van der Waals surface area contributed by atoms with Crippen LogP contribution in [0.2, 0.25) is 0 Å². The average molecular weight is 433 g/mol. The van der Waals surface area contributed by atoms with Gasteiger partial charge in [-0.3, -0.25) is 9.59 Å². The van der Waals surface area contributed by atoms with Crippen LogP contribution in [0.1, 0.15) is 54.6 Å². The number of amides is 1. The van der Waals surface area contributed by atoms with Crippen LogP contribution >= 0.6 is 0 Å².